The van der Waals surface area contributed by atoms with Crippen molar-refractivity contribution in [3.05, 3.63) is 48.0 Å². The third-order valence-corrected chi connectivity index (χ3v) is 6.03. The maximum atomic E-state index is 12.8. The molecule has 1 aliphatic heterocycles. The molecule has 1 fully saturated rings. The first-order valence-corrected chi connectivity index (χ1v) is 10.3. The maximum Gasteiger partial charge on any atom is 0.387 e. The molecule has 0 spiro atoms. The van der Waals surface area contributed by atoms with Gasteiger partial charge in [0.15, 0.2) is 0 Å². The van der Waals surface area contributed by atoms with Gasteiger partial charge < -0.3 is 14.5 Å². The quantitative estimate of drug-likeness (QED) is 0.733. The molecule has 0 bridgehead atoms. The van der Waals surface area contributed by atoms with E-state index in [2.05, 4.69) is 26.3 Å². The number of nitrogens with zero attached hydrogens (tertiary/aromatic N) is 2. The van der Waals surface area contributed by atoms with Gasteiger partial charge in [0.1, 0.15) is 5.75 Å². The highest BCUT2D eigenvalue weighted by Crippen LogP contribution is 2.27. The average Bonchev–Trinajstić information content (AvgIpc) is 2.62. The average molecular weight is 448 g/mol. The third-order valence-electron chi connectivity index (χ3n) is 4.65. The smallest absolute Gasteiger partial charge is 0.387 e. The predicted molar refractivity (Wildman–Crippen MR) is 112 cm³/mol. The summed E-state index contributed by atoms with van der Waals surface area (Å²) in [5, 5.41) is 0. The Balaban J connectivity index is 0.00000300. The first-order valence-electron chi connectivity index (χ1n) is 8.86. The molecule has 0 unspecified atom stereocenters. The zero-order valence-electron chi connectivity index (χ0n) is 16.1. The van der Waals surface area contributed by atoms with Gasteiger partial charge in [-0.3, -0.25) is 4.72 Å². The van der Waals surface area contributed by atoms with Crippen molar-refractivity contribution in [3.8, 4) is 5.75 Å². The fourth-order valence-corrected chi connectivity index (χ4v) is 4.16. The van der Waals surface area contributed by atoms with Crippen LogP contribution in [0.4, 0.5) is 20.2 Å². The summed E-state index contributed by atoms with van der Waals surface area (Å²) in [7, 11) is -1.82. The monoisotopic (exact) mass is 447 g/mol. The SMILES string of the molecule is Cc1ccc(S(=O)(=O)Nc2cccc(OC(F)F)c2)cc1N1CCN(C)CC1.Cl. The van der Waals surface area contributed by atoms with Gasteiger partial charge in [0.25, 0.3) is 10.0 Å². The Kier molecular flexibility index (Phi) is 7.67. The lowest BCUT2D eigenvalue weighted by molar-refractivity contribution is -0.0497. The van der Waals surface area contributed by atoms with Crippen LogP contribution in [-0.4, -0.2) is 53.2 Å². The van der Waals surface area contributed by atoms with Crippen LogP contribution in [0.15, 0.2) is 47.4 Å². The highest BCUT2D eigenvalue weighted by Gasteiger charge is 2.20. The summed E-state index contributed by atoms with van der Waals surface area (Å²) in [4.78, 5) is 4.51. The molecule has 0 amide bonds. The second-order valence-corrected chi connectivity index (χ2v) is 8.43. The molecule has 10 heteroatoms. The van der Waals surface area contributed by atoms with Crippen molar-refractivity contribution >= 4 is 33.8 Å². The van der Waals surface area contributed by atoms with Gasteiger partial charge in [-0.1, -0.05) is 12.1 Å². The van der Waals surface area contributed by atoms with Crippen LogP contribution in [0.3, 0.4) is 0 Å². The Bertz CT molecular complexity index is 936. The van der Waals surface area contributed by atoms with Crippen molar-refractivity contribution in [2.45, 2.75) is 18.4 Å². The molecule has 29 heavy (non-hydrogen) atoms. The third kappa shape index (κ3) is 5.94. The molecule has 1 heterocycles. The largest absolute Gasteiger partial charge is 0.435 e. The molecular weight excluding hydrogens is 424 g/mol. The molecule has 1 saturated heterocycles. The standard InChI is InChI=1S/C19H23F2N3O3S.ClH/c1-14-6-7-17(13-18(14)24-10-8-23(2)9-11-24)28(25,26)22-15-4-3-5-16(12-15)27-19(20)21;/h3-7,12-13,19,22H,8-11H2,1-2H3;1H. The Hall–Kier alpha value is -2.10. The van der Waals surface area contributed by atoms with Crippen LogP contribution >= 0.6 is 12.4 Å². The van der Waals surface area contributed by atoms with Crippen LogP contribution in [-0.2, 0) is 10.0 Å². The van der Waals surface area contributed by atoms with Gasteiger partial charge in [-0.15, -0.1) is 12.4 Å². The fraction of sp³-hybridized carbons (Fsp3) is 0.368. The number of nitrogens with one attached hydrogen (secondary N) is 1. The molecule has 0 aromatic heterocycles. The summed E-state index contributed by atoms with van der Waals surface area (Å²) in [6, 6.07) is 10.4. The van der Waals surface area contributed by atoms with Gasteiger partial charge in [0.05, 0.1) is 10.6 Å². The number of piperazine rings is 1. The van der Waals surface area contributed by atoms with Crippen LogP contribution in [0.5, 0.6) is 5.75 Å². The predicted octanol–water partition coefficient (Wildman–Crippen LogP) is 3.57. The van der Waals surface area contributed by atoms with Crippen LogP contribution in [0, 0.1) is 6.92 Å². The van der Waals surface area contributed by atoms with Crippen molar-refractivity contribution in [1.82, 2.24) is 4.90 Å². The van der Waals surface area contributed by atoms with Gasteiger partial charge in [0, 0.05) is 37.9 Å². The minimum atomic E-state index is -3.88. The molecule has 0 radical (unpaired) electrons. The lowest BCUT2D eigenvalue weighted by atomic mass is 10.1. The van der Waals surface area contributed by atoms with Crippen molar-refractivity contribution in [1.29, 1.82) is 0 Å². The Morgan fingerprint density at radius 2 is 1.76 bits per heavy atom. The van der Waals surface area contributed by atoms with E-state index in [1.807, 2.05) is 6.92 Å². The Morgan fingerprint density at radius 1 is 1.07 bits per heavy atom. The van der Waals surface area contributed by atoms with Gasteiger partial charge in [0.2, 0.25) is 0 Å². The Morgan fingerprint density at radius 3 is 2.41 bits per heavy atom. The topological polar surface area (TPSA) is 61.9 Å². The van der Waals surface area contributed by atoms with Gasteiger partial charge in [-0.2, -0.15) is 8.78 Å². The van der Waals surface area contributed by atoms with E-state index in [9.17, 15) is 17.2 Å². The van der Waals surface area contributed by atoms with Gasteiger partial charge in [-0.05, 0) is 43.8 Å². The molecule has 2 aromatic carbocycles. The van der Waals surface area contributed by atoms with Gasteiger partial charge in [-0.25, -0.2) is 8.42 Å². The van der Waals surface area contributed by atoms with Crippen LogP contribution < -0.4 is 14.4 Å². The second kappa shape index (κ2) is 9.60. The zero-order valence-corrected chi connectivity index (χ0v) is 17.8. The van der Waals surface area contributed by atoms with Crippen LogP contribution in [0.1, 0.15) is 5.56 Å². The van der Waals surface area contributed by atoms with Crippen LogP contribution in [0.2, 0.25) is 0 Å². The summed E-state index contributed by atoms with van der Waals surface area (Å²) in [5.41, 5.74) is 2.03. The number of halogens is 3. The van der Waals surface area contributed by atoms with Crippen molar-refractivity contribution in [3.63, 3.8) is 0 Å². The number of ether oxygens (including phenoxy) is 1. The van der Waals surface area contributed by atoms with E-state index in [4.69, 9.17) is 0 Å². The molecular formula is C19H24ClF2N3O3S. The number of aryl methyl sites for hydroxylation is 1. The van der Waals surface area contributed by atoms with E-state index < -0.39 is 16.6 Å². The lowest BCUT2D eigenvalue weighted by Crippen LogP contribution is -2.44. The molecule has 0 aliphatic carbocycles. The van der Waals surface area contributed by atoms with E-state index in [1.165, 1.54) is 30.3 Å². The number of hydrogen-bond acceptors (Lipinski definition) is 5. The number of sulfonamides is 1. The highest BCUT2D eigenvalue weighted by atomic mass is 35.5. The molecule has 2 aromatic rings. The first kappa shape index (κ1) is 23.2. The summed E-state index contributed by atoms with van der Waals surface area (Å²) in [5.74, 6) is -0.114. The summed E-state index contributed by atoms with van der Waals surface area (Å²) in [6.45, 7) is 2.43. The number of benzene rings is 2. The van der Waals surface area contributed by atoms with Crippen molar-refractivity contribution in [2.24, 2.45) is 0 Å². The molecule has 0 saturated carbocycles. The van der Waals surface area contributed by atoms with Crippen LogP contribution in [0.25, 0.3) is 0 Å². The summed E-state index contributed by atoms with van der Waals surface area (Å²) in [6.07, 6.45) is 0. The maximum absolute atomic E-state index is 12.8. The number of hydrogen-bond donors (Lipinski definition) is 1. The molecule has 6 nitrogen and oxygen atoms in total. The number of rotatable bonds is 6. The lowest BCUT2D eigenvalue weighted by Gasteiger charge is -2.35. The minimum absolute atomic E-state index is 0. The normalized spacial score (nSPS) is 15.1. The van der Waals surface area contributed by atoms with Crippen molar-refractivity contribution < 1.29 is 21.9 Å². The number of likely N-dealkylation sites (N-methyl/N-ethyl adjacent to an activating group) is 1. The number of alkyl halides is 2. The molecule has 160 valence electrons. The summed E-state index contributed by atoms with van der Waals surface area (Å²) >= 11 is 0. The molecule has 3 rings (SSSR count). The van der Waals surface area contributed by atoms with Gasteiger partial charge >= 0.3 is 6.61 Å². The van der Waals surface area contributed by atoms with E-state index in [0.717, 1.165) is 37.4 Å². The highest BCUT2D eigenvalue weighted by molar-refractivity contribution is 7.92. The minimum Gasteiger partial charge on any atom is -0.435 e. The summed E-state index contributed by atoms with van der Waals surface area (Å²) < 4.78 is 57.1. The van der Waals surface area contributed by atoms with E-state index >= 15 is 0 Å². The Labute approximate surface area is 175 Å². The molecule has 1 aliphatic rings. The zero-order chi connectivity index (χ0) is 20.3. The first-order chi connectivity index (χ1) is 13.2. The van der Waals surface area contributed by atoms with E-state index in [-0.39, 0.29) is 28.7 Å². The molecule has 1 N–H and O–H groups in total. The van der Waals surface area contributed by atoms with E-state index in [1.54, 1.807) is 12.1 Å². The second-order valence-electron chi connectivity index (χ2n) is 6.75. The van der Waals surface area contributed by atoms with Crippen molar-refractivity contribution in [2.75, 3.05) is 42.8 Å². The number of anilines is 2. The molecule has 0 atom stereocenters. The fourth-order valence-electron chi connectivity index (χ4n) is 3.09. The van der Waals surface area contributed by atoms with E-state index in [0.29, 0.717) is 0 Å².